The van der Waals surface area contributed by atoms with Gasteiger partial charge in [0.25, 0.3) is 0 Å². The minimum absolute atomic E-state index is 0.127. The van der Waals surface area contributed by atoms with Crippen molar-refractivity contribution in [3.63, 3.8) is 0 Å². The molecule has 0 radical (unpaired) electrons. The Morgan fingerprint density at radius 1 is 1.53 bits per heavy atom. The van der Waals surface area contributed by atoms with E-state index in [4.69, 9.17) is 0 Å². The largest absolute Gasteiger partial charge is 0.347 e. The molecule has 92 valence electrons. The molecule has 1 aromatic rings. The summed E-state index contributed by atoms with van der Waals surface area (Å²) in [6.45, 7) is 0.419. The van der Waals surface area contributed by atoms with Gasteiger partial charge in [0.2, 0.25) is 5.95 Å². The van der Waals surface area contributed by atoms with Crippen LogP contribution in [0.3, 0.4) is 0 Å². The minimum Gasteiger partial charge on any atom is -0.347 e. The van der Waals surface area contributed by atoms with Gasteiger partial charge < -0.3 is 15.5 Å². The Labute approximate surface area is 100 Å². The molecule has 0 saturated heterocycles. The molecule has 0 bridgehead atoms. The maximum absolute atomic E-state index is 11.4. The molecular weight excluding hydrogens is 218 g/mol. The van der Waals surface area contributed by atoms with Crippen molar-refractivity contribution in [2.45, 2.75) is 25.4 Å². The maximum Gasteiger partial charge on any atom is 0.315 e. The van der Waals surface area contributed by atoms with Crippen LogP contribution in [-0.4, -0.2) is 36.1 Å². The number of hydrogen-bond donors (Lipinski definition) is 2. The molecule has 1 aliphatic carbocycles. The number of nitrogens with one attached hydrogen (secondary N) is 2. The van der Waals surface area contributed by atoms with Crippen molar-refractivity contribution >= 4 is 12.0 Å². The summed E-state index contributed by atoms with van der Waals surface area (Å²) in [6.07, 6.45) is 3.87. The third-order valence-electron chi connectivity index (χ3n) is 2.44. The molecule has 6 heteroatoms. The third kappa shape index (κ3) is 3.58. The van der Waals surface area contributed by atoms with Crippen LogP contribution >= 0.6 is 0 Å². The lowest BCUT2D eigenvalue weighted by Gasteiger charge is -2.11. The van der Waals surface area contributed by atoms with E-state index in [1.54, 1.807) is 12.3 Å². The van der Waals surface area contributed by atoms with E-state index < -0.39 is 0 Å². The molecule has 1 heterocycles. The van der Waals surface area contributed by atoms with Crippen LogP contribution < -0.4 is 15.5 Å². The highest BCUT2D eigenvalue weighted by atomic mass is 16.2. The zero-order valence-electron chi connectivity index (χ0n) is 10.1. The Kier molecular flexibility index (Phi) is 3.41. The van der Waals surface area contributed by atoms with Gasteiger partial charge in [-0.15, -0.1) is 0 Å². The van der Waals surface area contributed by atoms with Crippen LogP contribution in [0.2, 0.25) is 0 Å². The normalized spacial score (nSPS) is 14.2. The first-order valence-electron chi connectivity index (χ1n) is 5.69. The number of aromatic nitrogens is 2. The van der Waals surface area contributed by atoms with Gasteiger partial charge in [-0.1, -0.05) is 0 Å². The van der Waals surface area contributed by atoms with Crippen LogP contribution in [-0.2, 0) is 6.54 Å². The van der Waals surface area contributed by atoms with Crippen LogP contribution in [0.25, 0.3) is 0 Å². The second-order valence-electron chi connectivity index (χ2n) is 4.34. The molecule has 1 aromatic heterocycles. The van der Waals surface area contributed by atoms with Crippen molar-refractivity contribution < 1.29 is 4.79 Å². The molecule has 0 atom stereocenters. The smallest absolute Gasteiger partial charge is 0.315 e. The maximum atomic E-state index is 11.4. The van der Waals surface area contributed by atoms with Crippen molar-refractivity contribution in [2.75, 3.05) is 19.0 Å². The molecule has 0 unspecified atom stereocenters. The standard InChI is InChI=1S/C11H17N5O/c1-16(2)10-12-6-5-9(14-10)7-13-11(17)15-8-3-4-8/h5-6,8H,3-4,7H2,1-2H3,(H2,13,15,17). The highest BCUT2D eigenvalue weighted by Gasteiger charge is 2.22. The topological polar surface area (TPSA) is 70.2 Å². The summed E-state index contributed by atoms with van der Waals surface area (Å²) in [6, 6.07) is 2.04. The minimum atomic E-state index is -0.127. The van der Waals surface area contributed by atoms with E-state index in [1.165, 1.54) is 0 Å². The van der Waals surface area contributed by atoms with Gasteiger partial charge in [0.05, 0.1) is 12.2 Å². The van der Waals surface area contributed by atoms with Crippen molar-refractivity contribution in [1.29, 1.82) is 0 Å². The molecule has 2 rings (SSSR count). The SMILES string of the molecule is CN(C)c1nccc(CNC(=O)NC2CC2)n1. The summed E-state index contributed by atoms with van der Waals surface area (Å²) >= 11 is 0. The number of rotatable bonds is 4. The predicted molar refractivity (Wildman–Crippen MR) is 64.8 cm³/mol. The van der Waals surface area contributed by atoms with Gasteiger partial charge in [0.1, 0.15) is 0 Å². The van der Waals surface area contributed by atoms with Gasteiger partial charge in [-0.2, -0.15) is 0 Å². The fraction of sp³-hybridized carbons (Fsp3) is 0.545. The molecule has 17 heavy (non-hydrogen) atoms. The first kappa shape index (κ1) is 11.6. The van der Waals surface area contributed by atoms with Gasteiger partial charge in [-0.3, -0.25) is 0 Å². The van der Waals surface area contributed by atoms with Crippen molar-refractivity contribution in [2.24, 2.45) is 0 Å². The summed E-state index contributed by atoms with van der Waals surface area (Å²) in [7, 11) is 3.76. The first-order chi connectivity index (χ1) is 8.15. The van der Waals surface area contributed by atoms with E-state index in [-0.39, 0.29) is 6.03 Å². The summed E-state index contributed by atoms with van der Waals surface area (Å²) in [5.74, 6) is 0.645. The van der Waals surface area contributed by atoms with E-state index in [9.17, 15) is 4.79 Å². The van der Waals surface area contributed by atoms with Crippen LogP contribution in [0.1, 0.15) is 18.5 Å². The average Bonchev–Trinajstić information content (AvgIpc) is 3.11. The quantitative estimate of drug-likeness (QED) is 0.797. The van der Waals surface area contributed by atoms with Gasteiger partial charge in [0, 0.05) is 26.3 Å². The average molecular weight is 235 g/mol. The summed E-state index contributed by atoms with van der Waals surface area (Å²) < 4.78 is 0. The van der Waals surface area contributed by atoms with E-state index in [0.29, 0.717) is 18.5 Å². The van der Waals surface area contributed by atoms with Crippen LogP contribution in [0.4, 0.5) is 10.7 Å². The molecule has 2 amide bonds. The lowest BCUT2D eigenvalue weighted by Crippen LogP contribution is -2.36. The van der Waals surface area contributed by atoms with Gasteiger partial charge in [-0.25, -0.2) is 14.8 Å². The highest BCUT2D eigenvalue weighted by Crippen LogP contribution is 2.18. The zero-order valence-corrected chi connectivity index (χ0v) is 10.1. The molecule has 6 nitrogen and oxygen atoms in total. The van der Waals surface area contributed by atoms with Crippen LogP contribution in [0.5, 0.6) is 0 Å². The van der Waals surface area contributed by atoms with Gasteiger partial charge in [-0.05, 0) is 18.9 Å². The Morgan fingerprint density at radius 3 is 2.94 bits per heavy atom. The molecule has 0 aromatic carbocycles. The Balaban J connectivity index is 1.84. The van der Waals surface area contributed by atoms with Crippen molar-refractivity contribution in [3.05, 3.63) is 18.0 Å². The number of nitrogens with zero attached hydrogens (tertiary/aromatic N) is 3. The number of amides is 2. The number of hydrogen-bond acceptors (Lipinski definition) is 4. The lowest BCUT2D eigenvalue weighted by atomic mass is 10.4. The number of carbonyl (C=O) groups excluding carboxylic acids is 1. The van der Waals surface area contributed by atoms with E-state index in [0.717, 1.165) is 18.5 Å². The van der Waals surface area contributed by atoms with Crippen LogP contribution in [0, 0.1) is 0 Å². The van der Waals surface area contributed by atoms with Crippen molar-refractivity contribution in [3.8, 4) is 0 Å². The number of urea groups is 1. The van der Waals surface area contributed by atoms with Crippen LogP contribution in [0.15, 0.2) is 12.3 Å². The highest BCUT2D eigenvalue weighted by molar-refractivity contribution is 5.74. The van der Waals surface area contributed by atoms with E-state index in [1.807, 2.05) is 19.0 Å². The van der Waals surface area contributed by atoms with E-state index >= 15 is 0 Å². The van der Waals surface area contributed by atoms with Gasteiger partial charge in [0.15, 0.2) is 0 Å². The first-order valence-corrected chi connectivity index (χ1v) is 5.69. The Hall–Kier alpha value is -1.85. The fourth-order valence-electron chi connectivity index (χ4n) is 1.33. The zero-order chi connectivity index (χ0) is 12.3. The molecule has 1 fully saturated rings. The lowest BCUT2D eigenvalue weighted by molar-refractivity contribution is 0.240. The molecular formula is C11H17N5O. The Morgan fingerprint density at radius 2 is 2.29 bits per heavy atom. The number of anilines is 1. The van der Waals surface area contributed by atoms with Gasteiger partial charge >= 0.3 is 6.03 Å². The number of carbonyl (C=O) groups is 1. The second-order valence-corrected chi connectivity index (χ2v) is 4.34. The summed E-state index contributed by atoms with van der Waals surface area (Å²) in [5.41, 5.74) is 0.801. The van der Waals surface area contributed by atoms with E-state index in [2.05, 4.69) is 20.6 Å². The third-order valence-corrected chi connectivity index (χ3v) is 2.44. The molecule has 1 saturated carbocycles. The molecule has 1 aliphatic rings. The summed E-state index contributed by atoms with van der Waals surface area (Å²) in [5, 5.41) is 5.64. The Bertz CT molecular complexity index is 403. The second kappa shape index (κ2) is 4.99. The fourth-order valence-corrected chi connectivity index (χ4v) is 1.33. The predicted octanol–water partition coefficient (Wildman–Crippen LogP) is 0.504. The summed E-state index contributed by atoms with van der Waals surface area (Å²) in [4.78, 5) is 21.7. The molecule has 2 N–H and O–H groups in total. The van der Waals surface area contributed by atoms with Crippen molar-refractivity contribution in [1.82, 2.24) is 20.6 Å². The molecule has 0 aliphatic heterocycles. The monoisotopic (exact) mass is 235 g/mol. The molecule has 0 spiro atoms.